The van der Waals surface area contributed by atoms with E-state index in [0.29, 0.717) is 34.7 Å². The average Bonchev–Trinajstić information content (AvgIpc) is 2.71. The first kappa shape index (κ1) is 19.0. The SMILES string of the molecule is COC(=O)c1c(Br)cc(OCc2ccccc2)cc1OCc1ccccc1. The zero-order valence-corrected chi connectivity index (χ0v) is 16.4. The molecule has 0 saturated heterocycles. The van der Waals surface area contributed by atoms with E-state index in [1.54, 1.807) is 12.1 Å². The number of carbonyl (C=O) groups is 1. The van der Waals surface area contributed by atoms with Crippen LogP contribution in [0.25, 0.3) is 0 Å². The molecule has 0 bridgehead atoms. The summed E-state index contributed by atoms with van der Waals surface area (Å²) in [7, 11) is 1.34. The lowest BCUT2D eigenvalue weighted by atomic mass is 10.2. The minimum atomic E-state index is -0.473. The first-order chi connectivity index (χ1) is 13.2. The van der Waals surface area contributed by atoms with Gasteiger partial charge in [0, 0.05) is 10.5 Å². The zero-order chi connectivity index (χ0) is 19.1. The Morgan fingerprint density at radius 3 is 1.96 bits per heavy atom. The Morgan fingerprint density at radius 2 is 1.41 bits per heavy atom. The molecule has 0 unspecified atom stereocenters. The lowest BCUT2D eigenvalue weighted by molar-refractivity contribution is 0.0594. The van der Waals surface area contributed by atoms with Gasteiger partial charge >= 0.3 is 5.97 Å². The van der Waals surface area contributed by atoms with Crippen molar-refractivity contribution in [3.05, 3.63) is 94.0 Å². The molecular weight excluding hydrogens is 408 g/mol. The monoisotopic (exact) mass is 426 g/mol. The first-order valence-corrected chi connectivity index (χ1v) is 9.22. The molecule has 0 spiro atoms. The predicted octanol–water partition coefficient (Wildman–Crippen LogP) is 5.39. The van der Waals surface area contributed by atoms with E-state index in [9.17, 15) is 4.79 Å². The molecule has 0 N–H and O–H groups in total. The first-order valence-electron chi connectivity index (χ1n) is 8.42. The number of hydrogen-bond donors (Lipinski definition) is 0. The molecule has 0 atom stereocenters. The van der Waals surface area contributed by atoms with Crippen LogP contribution < -0.4 is 9.47 Å². The fourth-order valence-corrected chi connectivity index (χ4v) is 3.11. The number of halogens is 1. The molecule has 27 heavy (non-hydrogen) atoms. The normalized spacial score (nSPS) is 10.3. The molecule has 0 amide bonds. The van der Waals surface area contributed by atoms with Crippen molar-refractivity contribution in [2.24, 2.45) is 0 Å². The van der Waals surface area contributed by atoms with Crippen LogP contribution in [0.3, 0.4) is 0 Å². The van der Waals surface area contributed by atoms with Crippen LogP contribution in [0.1, 0.15) is 21.5 Å². The molecule has 3 rings (SSSR count). The van der Waals surface area contributed by atoms with Crippen LogP contribution in [-0.4, -0.2) is 13.1 Å². The summed E-state index contributed by atoms with van der Waals surface area (Å²) >= 11 is 3.43. The maximum absolute atomic E-state index is 12.2. The van der Waals surface area contributed by atoms with E-state index in [-0.39, 0.29) is 0 Å². The Kier molecular flexibility index (Phi) is 6.49. The second kappa shape index (κ2) is 9.24. The van der Waals surface area contributed by atoms with Gasteiger partial charge in [0.1, 0.15) is 30.3 Å². The van der Waals surface area contributed by atoms with Crippen molar-refractivity contribution in [1.29, 1.82) is 0 Å². The maximum atomic E-state index is 12.2. The van der Waals surface area contributed by atoms with Gasteiger partial charge in [-0.05, 0) is 33.1 Å². The number of methoxy groups -OCH3 is 1. The van der Waals surface area contributed by atoms with Crippen LogP contribution in [0.4, 0.5) is 0 Å². The van der Waals surface area contributed by atoms with Crippen molar-refractivity contribution in [3.63, 3.8) is 0 Å². The molecule has 0 aromatic heterocycles. The number of benzene rings is 3. The third-order valence-corrected chi connectivity index (χ3v) is 4.53. The van der Waals surface area contributed by atoms with Gasteiger partial charge in [-0.1, -0.05) is 60.7 Å². The van der Waals surface area contributed by atoms with Crippen LogP contribution in [0.15, 0.2) is 77.3 Å². The van der Waals surface area contributed by atoms with E-state index in [2.05, 4.69) is 15.9 Å². The largest absolute Gasteiger partial charge is 0.489 e. The minimum absolute atomic E-state index is 0.333. The Morgan fingerprint density at radius 1 is 0.852 bits per heavy atom. The van der Waals surface area contributed by atoms with E-state index in [1.165, 1.54) is 7.11 Å². The van der Waals surface area contributed by atoms with Crippen LogP contribution in [0, 0.1) is 0 Å². The fraction of sp³-hybridized carbons (Fsp3) is 0.136. The van der Waals surface area contributed by atoms with Gasteiger partial charge in [0.25, 0.3) is 0 Å². The summed E-state index contributed by atoms with van der Waals surface area (Å²) in [5.74, 6) is 0.532. The van der Waals surface area contributed by atoms with Crippen molar-refractivity contribution in [2.75, 3.05) is 7.11 Å². The van der Waals surface area contributed by atoms with Crippen molar-refractivity contribution in [3.8, 4) is 11.5 Å². The zero-order valence-electron chi connectivity index (χ0n) is 14.9. The molecule has 0 heterocycles. The van der Waals surface area contributed by atoms with Gasteiger partial charge in [-0.25, -0.2) is 4.79 Å². The Labute approximate surface area is 166 Å². The van der Waals surface area contributed by atoms with Crippen molar-refractivity contribution in [1.82, 2.24) is 0 Å². The molecule has 0 radical (unpaired) electrons. The van der Waals surface area contributed by atoms with E-state index >= 15 is 0 Å². The highest BCUT2D eigenvalue weighted by molar-refractivity contribution is 9.10. The molecule has 3 aromatic rings. The summed E-state index contributed by atoms with van der Waals surface area (Å²) in [4.78, 5) is 12.2. The Bertz CT molecular complexity index is 895. The third kappa shape index (κ3) is 5.11. The number of esters is 1. The van der Waals surface area contributed by atoms with E-state index in [1.807, 2.05) is 60.7 Å². The Balaban J connectivity index is 1.83. The molecule has 0 fully saturated rings. The second-order valence-corrected chi connectivity index (χ2v) is 6.67. The minimum Gasteiger partial charge on any atom is -0.489 e. The highest BCUT2D eigenvalue weighted by Crippen LogP contribution is 2.34. The molecule has 0 aliphatic carbocycles. The van der Waals surface area contributed by atoms with E-state index in [4.69, 9.17) is 14.2 Å². The van der Waals surface area contributed by atoms with E-state index in [0.717, 1.165) is 11.1 Å². The highest BCUT2D eigenvalue weighted by atomic mass is 79.9. The number of rotatable bonds is 7. The third-order valence-electron chi connectivity index (χ3n) is 3.90. The number of hydrogen-bond acceptors (Lipinski definition) is 4. The Hall–Kier alpha value is -2.79. The lowest BCUT2D eigenvalue weighted by Crippen LogP contribution is -2.08. The van der Waals surface area contributed by atoms with Gasteiger partial charge < -0.3 is 14.2 Å². The summed E-state index contributed by atoms with van der Waals surface area (Å²) in [6.45, 7) is 0.752. The number of carbonyl (C=O) groups excluding carboxylic acids is 1. The van der Waals surface area contributed by atoms with Crippen LogP contribution >= 0.6 is 15.9 Å². The predicted molar refractivity (Wildman–Crippen MR) is 107 cm³/mol. The van der Waals surface area contributed by atoms with Gasteiger partial charge in [-0.15, -0.1) is 0 Å². The summed E-state index contributed by atoms with van der Waals surface area (Å²) < 4.78 is 17.2. The summed E-state index contributed by atoms with van der Waals surface area (Å²) in [5.41, 5.74) is 2.39. The topological polar surface area (TPSA) is 44.8 Å². The molecule has 138 valence electrons. The summed E-state index contributed by atoms with van der Waals surface area (Å²) in [6.07, 6.45) is 0. The van der Waals surface area contributed by atoms with Gasteiger partial charge in [0.05, 0.1) is 7.11 Å². The smallest absolute Gasteiger partial charge is 0.342 e. The molecular formula is C22H19BrO4. The fourth-order valence-electron chi connectivity index (χ4n) is 2.53. The molecule has 0 aliphatic rings. The van der Waals surface area contributed by atoms with Crippen molar-refractivity contribution >= 4 is 21.9 Å². The summed E-state index contributed by atoms with van der Waals surface area (Å²) in [6, 6.07) is 23.1. The second-order valence-electron chi connectivity index (χ2n) is 5.82. The molecule has 5 heteroatoms. The van der Waals surface area contributed by atoms with E-state index < -0.39 is 5.97 Å². The van der Waals surface area contributed by atoms with Crippen molar-refractivity contribution < 1.29 is 19.0 Å². The molecule has 4 nitrogen and oxygen atoms in total. The van der Waals surface area contributed by atoms with Gasteiger partial charge in [-0.3, -0.25) is 0 Å². The van der Waals surface area contributed by atoms with Gasteiger partial charge in [-0.2, -0.15) is 0 Å². The standard InChI is InChI=1S/C22H19BrO4/c1-25-22(24)21-19(23)12-18(26-14-16-8-4-2-5-9-16)13-20(21)27-15-17-10-6-3-7-11-17/h2-13H,14-15H2,1H3. The molecule has 3 aromatic carbocycles. The summed E-state index contributed by atoms with van der Waals surface area (Å²) in [5, 5.41) is 0. The van der Waals surface area contributed by atoms with Crippen LogP contribution in [0.2, 0.25) is 0 Å². The van der Waals surface area contributed by atoms with Gasteiger partial charge in [0.2, 0.25) is 0 Å². The lowest BCUT2D eigenvalue weighted by Gasteiger charge is -2.15. The maximum Gasteiger partial charge on any atom is 0.342 e. The highest BCUT2D eigenvalue weighted by Gasteiger charge is 2.19. The van der Waals surface area contributed by atoms with Crippen molar-refractivity contribution in [2.45, 2.75) is 13.2 Å². The average molecular weight is 427 g/mol. The molecule has 0 saturated carbocycles. The number of ether oxygens (including phenoxy) is 3. The van der Waals surface area contributed by atoms with Gasteiger partial charge in [0.15, 0.2) is 0 Å². The van der Waals surface area contributed by atoms with Crippen LogP contribution in [0.5, 0.6) is 11.5 Å². The molecule has 0 aliphatic heterocycles. The quantitative estimate of drug-likeness (QED) is 0.474. The van der Waals surface area contributed by atoms with Crippen LogP contribution in [-0.2, 0) is 18.0 Å².